The predicted molar refractivity (Wildman–Crippen MR) is 99.2 cm³/mol. The van der Waals surface area contributed by atoms with Crippen LogP contribution in [0.25, 0.3) is 0 Å². The summed E-state index contributed by atoms with van der Waals surface area (Å²) in [5.74, 6) is -0.697. The molecule has 0 heterocycles. The van der Waals surface area contributed by atoms with E-state index in [0.29, 0.717) is 22.0 Å². The van der Waals surface area contributed by atoms with Crippen LogP contribution in [0.3, 0.4) is 0 Å². The Morgan fingerprint density at radius 3 is 2.52 bits per heavy atom. The van der Waals surface area contributed by atoms with Gasteiger partial charge in [0.1, 0.15) is 0 Å². The molecule has 0 radical (unpaired) electrons. The van der Waals surface area contributed by atoms with Gasteiger partial charge in [0, 0.05) is 33.5 Å². The molecule has 1 amide bonds. The molecule has 0 aliphatic rings. The number of hydrogen-bond acceptors (Lipinski definition) is 4. The predicted octanol–water partition coefficient (Wildman–Crippen LogP) is 3.40. The topological polar surface area (TPSA) is 72.5 Å². The third kappa shape index (κ3) is 5.99. The molecule has 7 heteroatoms. The average Bonchev–Trinajstić information content (AvgIpc) is 2.56. The van der Waals surface area contributed by atoms with Crippen molar-refractivity contribution in [3.63, 3.8) is 0 Å². The lowest BCUT2D eigenvalue weighted by Crippen LogP contribution is -2.30. The number of nitrogens with one attached hydrogen (secondary N) is 1. The summed E-state index contributed by atoms with van der Waals surface area (Å²) in [6.07, 6.45) is 0.626. The van der Waals surface area contributed by atoms with Gasteiger partial charge in [-0.25, -0.2) is 4.79 Å². The second-order valence-corrected chi connectivity index (χ2v) is 7.33. The van der Waals surface area contributed by atoms with Crippen LogP contribution in [0.15, 0.2) is 48.5 Å². The highest BCUT2D eigenvalue weighted by Gasteiger charge is 2.19. The molecule has 1 N–H and O–H groups in total. The molecule has 0 aliphatic heterocycles. The summed E-state index contributed by atoms with van der Waals surface area (Å²) in [4.78, 5) is 24.3. The molecule has 0 bridgehead atoms. The number of ether oxygens (including phenoxy) is 1. The maximum Gasteiger partial charge on any atom is 0.338 e. The SMILES string of the molecule is CC(OC(=O)c1cccc(CS(C)=O)c1)C(=O)Nc1ccc(Cl)cc1. The van der Waals surface area contributed by atoms with Crippen molar-refractivity contribution >= 4 is 40.0 Å². The summed E-state index contributed by atoms with van der Waals surface area (Å²) in [5.41, 5.74) is 1.65. The summed E-state index contributed by atoms with van der Waals surface area (Å²) >= 11 is 5.79. The molecular formula is C18H18ClNO4S. The van der Waals surface area contributed by atoms with Crippen molar-refractivity contribution in [3.8, 4) is 0 Å². The first-order chi connectivity index (χ1) is 11.8. The Kier molecular flexibility index (Phi) is 6.73. The average molecular weight is 380 g/mol. The van der Waals surface area contributed by atoms with Crippen molar-refractivity contribution in [2.45, 2.75) is 18.8 Å². The Morgan fingerprint density at radius 1 is 1.20 bits per heavy atom. The van der Waals surface area contributed by atoms with Crippen molar-refractivity contribution < 1.29 is 18.5 Å². The van der Waals surface area contributed by atoms with Gasteiger partial charge in [-0.2, -0.15) is 0 Å². The number of benzene rings is 2. The highest BCUT2D eigenvalue weighted by Crippen LogP contribution is 2.14. The molecule has 0 saturated carbocycles. The minimum atomic E-state index is -1.01. The van der Waals surface area contributed by atoms with E-state index in [1.165, 1.54) is 6.92 Å². The minimum Gasteiger partial charge on any atom is -0.449 e. The summed E-state index contributed by atoms with van der Waals surface area (Å²) in [6, 6.07) is 13.3. The fourth-order valence-electron chi connectivity index (χ4n) is 2.08. The highest BCUT2D eigenvalue weighted by molar-refractivity contribution is 7.83. The van der Waals surface area contributed by atoms with E-state index in [9.17, 15) is 13.8 Å². The second kappa shape index (κ2) is 8.78. The minimum absolute atomic E-state index is 0.314. The Morgan fingerprint density at radius 2 is 1.88 bits per heavy atom. The molecule has 0 fully saturated rings. The standard InChI is InChI=1S/C18H18ClNO4S/c1-12(17(21)20-16-8-6-15(19)7-9-16)24-18(22)14-5-3-4-13(10-14)11-25(2)23/h3-10,12H,11H2,1-2H3,(H,20,21). The van der Waals surface area contributed by atoms with Crippen LogP contribution in [0, 0.1) is 0 Å². The molecule has 0 aromatic heterocycles. The number of amides is 1. The van der Waals surface area contributed by atoms with Gasteiger partial charge in [-0.15, -0.1) is 0 Å². The maximum atomic E-state index is 12.2. The van der Waals surface area contributed by atoms with Gasteiger partial charge in [-0.3, -0.25) is 9.00 Å². The number of esters is 1. The highest BCUT2D eigenvalue weighted by atomic mass is 35.5. The number of hydrogen-bond donors (Lipinski definition) is 1. The van der Waals surface area contributed by atoms with Gasteiger partial charge >= 0.3 is 5.97 Å². The van der Waals surface area contributed by atoms with E-state index in [0.717, 1.165) is 5.56 Å². The fraction of sp³-hybridized carbons (Fsp3) is 0.222. The third-order valence-corrected chi connectivity index (χ3v) is 4.29. The van der Waals surface area contributed by atoms with Crippen molar-refractivity contribution in [2.24, 2.45) is 0 Å². The van der Waals surface area contributed by atoms with E-state index in [1.807, 2.05) is 0 Å². The van der Waals surface area contributed by atoms with E-state index in [1.54, 1.807) is 54.8 Å². The molecule has 5 nitrogen and oxygen atoms in total. The van der Waals surface area contributed by atoms with Crippen molar-refractivity contribution in [2.75, 3.05) is 11.6 Å². The Labute approximate surface area is 153 Å². The van der Waals surface area contributed by atoms with Crippen LogP contribution in [0.5, 0.6) is 0 Å². The molecule has 25 heavy (non-hydrogen) atoms. The smallest absolute Gasteiger partial charge is 0.338 e. The van der Waals surface area contributed by atoms with E-state index >= 15 is 0 Å². The van der Waals surface area contributed by atoms with Gasteiger partial charge in [0.2, 0.25) is 0 Å². The third-order valence-electron chi connectivity index (χ3n) is 3.30. The molecule has 2 rings (SSSR count). The Bertz CT molecular complexity index is 792. The van der Waals surface area contributed by atoms with Crippen LogP contribution < -0.4 is 5.32 Å². The van der Waals surface area contributed by atoms with Crippen LogP contribution in [-0.4, -0.2) is 28.4 Å². The van der Waals surface area contributed by atoms with Gasteiger partial charge in [0.25, 0.3) is 5.91 Å². The summed E-state index contributed by atoms with van der Waals surface area (Å²) < 4.78 is 16.5. The van der Waals surface area contributed by atoms with Crippen LogP contribution in [0.2, 0.25) is 5.02 Å². The van der Waals surface area contributed by atoms with E-state index in [-0.39, 0.29) is 0 Å². The van der Waals surface area contributed by atoms with Gasteiger partial charge in [-0.1, -0.05) is 23.7 Å². The zero-order valence-corrected chi connectivity index (χ0v) is 15.4. The molecule has 2 unspecified atom stereocenters. The van der Waals surface area contributed by atoms with Gasteiger partial charge in [-0.05, 0) is 48.9 Å². The summed E-state index contributed by atoms with van der Waals surface area (Å²) in [5, 5.41) is 3.21. The van der Waals surface area contributed by atoms with E-state index < -0.39 is 28.8 Å². The number of carbonyl (C=O) groups excluding carboxylic acids is 2. The van der Waals surface area contributed by atoms with Crippen LogP contribution in [0.1, 0.15) is 22.8 Å². The van der Waals surface area contributed by atoms with Crippen molar-refractivity contribution in [3.05, 3.63) is 64.7 Å². The van der Waals surface area contributed by atoms with Gasteiger partial charge in [0.05, 0.1) is 5.56 Å². The Balaban J connectivity index is 1.98. The fourth-order valence-corrected chi connectivity index (χ4v) is 2.86. The maximum absolute atomic E-state index is 12.2. The molecule has 2 aromatic rings. The van der Waals surface area contributed by atoms with Crippen LogP contribution >= 0.6 is 11.6 Å². The summed E-state index contributed by atoms with van der Waals surface area (Å²) in [6.45, 7) is 1.49. The first kappa shape index (κ1) is 19.1. The monoisotopic (exact) mass is 379 g/mol. The lowest BCUT2D eigenvalue weighted by atomic mass is 10.1. The molecule has 132 valence electrons. The largest absolute Gasteiger partial charge is 0.449 e. The molecule has 2 atom stereocenters. The number of rotatable bonds is 6. The number of carbonyl (C=O) groups is 2. The Hall–Kier alpha value is -2.18. The molecule has 0 saturated heterocycles. The molecular weight excluding hydrogens is 362 g/mol. The van der Waals surface area contributed by atoms with Gasteiger partial charge in [0.15, 0.2) is 6.10 Å². The molecule has 2 aromatic carbocycles. The number of anilines is 1. The summed E-state index contributed by atoms with van der Waals surface area (Å²) in [7, 11) is -1.01. The quantitative estimate of drug-likeness (QED) is 0.781. The lowest BCUT2D eigenvalue weighted by molar-refractivity contribution is -0.123. The number of halogens is 1. The first-order valence-corrected chi connectivity index (χ1v) is 9.62. The van der Waals surface area contributed by atoms with E-state index in [2.05, 4.69) is 5.32 Å². The van der Waals surface area contributed by atoms with Crippen LogP contribution in [0.4, 0.5) is 5.69 Å². The zero-order valence-electron chi connectivity index (χ0n) is 13.8. The first-order valence-electron chi connectivity index (χ1n) is 7.51. The molecule has 0 aliphatic carbocycles. The zero-order chi connectivity index (χ0) is 18.4. The van der Waals surface area contributed by atoms with Crippen LogP contribution in [-0.2, 0) is 26.1 Å². The second-order valence-electron chi connectivity index (χ2n) is 5.46. The molecule has 0 spiro atoms. The van der Waals surface area contributed by atoms with Crippen molar-refractivity contribution in [1.82, 2.24) is 0 Å². The van der Waals surface area contributed by atoms with Gasteiger partial charge < -0.3 is 10.1 Å². The van der Waals surface area contributed by atoms with E-state index in [4.69, 9.17) is 16.3 Å². The normalized spacial score (nSPS) is 12.9. The lowest BCUT2D eigenvalue weighted by Gasteiger charge is -2.14. The van der Waals surface area contributed by atoms with Crippen molar-refractivity contribution in [1.29, 1.82) is 0 Å².